The number of fused-ring (bicyclic) bond motifs is 1. The highest BCUT2D eigenvalue weighted by atomic mass is 32.1. The van der Waals surface area contributed by atoms with Crippen molar-refractivity contribution >= 4 is 34.0 Å². The summed E-state index contributed by atoms with van der Waals surface area (Å²) in [7, 11) is 0. The second-order valence-corrected chi connectivity index (χ2v) is 9.71. The molecule has 4 N–H and O–H groups in total. The Bertz CT molecular complexity index is 1250. The number of amides is 1. The molecule has 8 heteroatoms. The summed E-state index contributed by atoms with van der Waals surface area (Å²) < 4.78 is 2.70. The molecule has 2 aromatic carbocycles. The van der Waals surface area contributed by atoms with Crippen LogP contribution in [0.15, 0.2) is 52.3 Å². The van der Waals surface area contributed by atoms with Gasteiger partial charge in [-0.2, -0.15) is 0 Å². The van der Waals surface area contributed by atoms with E-state index in [-0.39, 0.29) is 23.3 Å². The van der Waals surface area contributed by atoms with E-state index in [1.807, 2.05) is 30.9 Å². The smallest absolute Gasteiger partial charge is 0.271 e. The third-order valence-corrected chi connectivity index (χ3v) is 6.45. The van der Waals surface area contributed by atoms with Gasteiger partial charge in [0.2, 0.25) is 0 Å². The molecule has 0 radical (unpaired) electrons. The fourth-order valence-corrected chi connectivity index (χ4v) is 4.66. The molecular formula is C25H29N5O2S. The molecule has 0 saturated carbocycles. The Morgan fingerprint density at radius 3 is 2.45 bits per heavy atom. The van der Waals surface area contributed by atoms with Gasteiger partial charge in [0.05, 0.1) is 0 Å². The van der Waals surface area contributed by atoms with E-state index in [0.717, 1.165) is 5.69 Å². The topological polar surface area (TPSA) is 104 Å². The maximum Gasteiger partial charge on any atom is 0.271 e. The van der Waals surface area contributed by atoms with Gasteiger partial charge in [-0.05, 0) is 72.3 Å². The second-order valence-electron chi connectivity index (χ2n) is 8.89. The maximum absolute atomic E-state index is 13.1. The van der Waals surface area contributed by atoms with Crippen molar-refractivity contribution in [1.82, 2.24) is 9.27 Å². The van der Waals surface area contributed by atoms with Crippen molar-refractivity contribution < 1.29 is 4.79 Å². The molecule has 0 unspecified atom stereocenters. The van der Waals surface area contributed by atoms with Crippen LogP contribution in [0.4, 0.5) is 10.7 Å². The van der Waals surface area contributed by atoms with Crippen LogP contribution >= 0.6 is 11.5 Å². The van der Waals surface area contributed by atoms with Crippen LogP contribution in [0.3, 0.4) is 0 Å². The zero-order valence-electron chi connectivity index (χ0n) is 19.3. The normalized spacial score (nSPS) is 13.6. The van der Waals surface area contributed by atoms with Crippen LogP contribution in [0.1, 0.15) is 66.2 Å². The van der Waals surface area contributed by atoms with Gasteiger partial charge in [-0.1, -0.05) is 32.0 Å². The quantitative estimate of drug-likeness (QED) is 0.368. The van der Waals surface area contributed by atoms with E-state index in [1.54, 1.807) is 12.1 Å². The van der Waals surface area contributed by atoms with Crippen LogP contribution in [-0.4, -0.2) is 27.1 Å². The molecule has 2 heterocycles. The van der Waals surface area contributed by atoms with Crippen molar-refractivity contribution in [2.24, 2.45) is 10.7 Å². The van der Waals surface area contributed by atoms with Gasteiger partial charge in [0, 0.05) is 30.4 Å². The summed E-state index contributed by atoms with van der Waals surface area (Å²) in [5.74, 6) is 0.673. The number of hydrogen-bond acceptors (Lipinski definition) is 5. The van der Waals surface area contributed by atoms with Gasteiger partial charge in [-0.15, -0.1) is 0 Å². The third kappa shape index (κ3) is 4.85. The van der Waals surface area contributed by atoms with Crippen molar-refractivity contribution in [2.45, 2.75) is 52.7 Å². The number of carbonyl (C=O) groups is 1. The van der Waals surface area contributed by atoms with Crippen molar-refractivity contribution in [2.75, 3.05) is 5.32 Å². The van der Waals surface area contributed by atoms with E-state index in [0.29, 0.717) is 35.1 Å². The largest absolute Gasteiger partial charge is 0.383 e. The van der Waals surface area contributed by atoms with Gasteiger partial charge >= 0.3 is 0 Å². The molecule has 0 saturated heterocycles. The van der Waals surface area contributed by atoms with E-state index < -0.39 is 0 Å². The van der Waals surface area contributed by atoms with Crippen LogP contribution in [0.25, 0.3) is 0 Å². The zero-order chi connectivity index (χ0) is 23.7. The number of nitrogens with two attached hydrogens (primary N) is 1. The summed E-state index contributed by atoms with van der Waals surface area (Å²) >= 11 is 1.17. The lowest BCUT2D eigenvalue weighted by molar-refractivity contribution is 0.0751. The first-order valence-corrected chi connectivity index (χ1v) is 11.9. The summed E-state index contributed by atoms with van der Waals surface area (Å²) in [6, 6.07) is 13.8. The molecule has 4 rings (SSSR count). The molecule has 1 aliphatic rings. The van der Waals surface area contributed by atoms with Crippen LogP contribution in [-0.2, 0) is 13.1 Å². The maximum atomic E-state index is 13.1. The fraction of sp³-hybridized carbons (Fsp3) is 0.320. The van der Waals surface area contributed by atoms with Crippen LogP contribution in [0.5, 0.6) is 0 Å². The summed E-state index contributed by atoms with van der Waals surface area (Å²) in [5, 5.41) is 3.81. The Kier molecular flexibility index (Phi) is 6.37. The number of nitrogens with zero attached hydrogens (tertiary/aromatic N) is 2. The molecule has 0 spiro atoms. The van der Waals surface area contributed by atoms with Crippen molar-refractivity contribution in [3.63, 3.8) is 0 Å². The lowest BCUT2D eigenvalue weighted by atomic mass is 9.99. The fourth-order valence-electron chi connectivity index (χ4n) is 3.89. The monoisotopic (exact) mass is 463 g/mol. The highest BCUT2D eigenvalue weighted by Crippen LogP contribution is 2.28. The summed E-state index contributed by atoms with van der Waals surface area (Å²) in [4.78, 5) is 31.4. The van der Waals surface area contributed by atoms with Gasteiger partial charge in [0.25, 0.3) is 11.5 Å². The number of aliphatic imine (C=N–C) groups is 1. The standard InChI is InChI=1S/C25H29N5O2S/c1-14(2)17-5-6-18-12-30(13-19(18)11-17)25(32)16-7-9-20(10-8-16)28-24-21(23(31)29-33-24)22(26)27-15(3)4/h5-11,14-15,28H,12-13H2,1-4H3,(H2,26,27)(H,29,31). The van der Waals surface area contributed by atoms with E-state index in [1.165, 1.54) is 28.2 Å². The minimum atomic E-state index is -0.273. The molecule has 33 heavy (non-hydrogen) atoms. The summed E-state index contributed by atoms with van der Waals surface area (Å²) in [6.07, 6.45) is 0. The number of carbonyl (C=O) groups excluding carboxylic acids is 1. The minimum absolute atomic E-state index is 0.00384. The molecule has 3 aromatic rings. The predicted octanol–water partition coefficient (Wildman–Crippen LogP) is 4.57. The molecular weight excluding hydrogens is 434 g/mol. The number of rotatable bonds is 6. The Morgan fingerprint density at radius 2 is 1.79 bits per heavy atom. The van der Waals surface area contributed by atoms with E-state index in [2.05, 4.69) is 46.7 Å². The highest BCUT2D eigenvalue weighted by Gasteiger charge is 2.25. The Hall–Kier alpha value is -3.39. The average Bonchev–Trinajstić information content (AvgIpc) is 3.36. The van der Waals surface area contributed by atoms with Crippen molar-refractivity contribution in [3.8, 4) is 0 Å². The van der Waals surface area contributed by atoms with Crippen LogP contribution in [0.2, 0.25) is 0 Å². The molecule has 0 fully saturated rings. The average molecular weight is 464 g/mol. The third-order valence-electron chi connectivity index (χ3n) is 5.65. The first kappa shape index (κ1) is 22.8. The zero-order valence-corrected chi connectivity index (χ0v) is 20.1. The molecule has 0 atom stereocenters. The van der Waals surface area contributed by atoms with E-state index in [9.17, 15) is 9.59 Å². The molecule has 0 aliphatic carbocycles. The number of hydrogen-bond donors (Lipinski definition) is 3. The first-order chi connectivity index (χ1) is 15.7. The van der Waals surface area contributed by atoms with E-state index >= 15 is 0 Å². The Morgan fingerprint density at radius 1 is 1.09 bits per heavy atom. The number of anilines is 2. The Balaban J connectivity index is 1.47. The number of nitrogens with one attached hydrogen (secondary N) is 2. The van der Waals surface area contributed by atoms with Gasteiger partial charge in [0.15, 0.2) is 0 Å². The minimum Gasteiger partial charge on any atom is -0.383 e. The lowest BCUT2D eigenvalue weighted by Crippen LogP contribution is -2.25. The number of amidine groups is 1. The first-order valence-electron chi connectivity index (χ1n) is 11.1. The SMILES string of the molecule is CC(C)N=C(N)c1c(Nc2ccc(C(=O)N3Cc4ccc(C(C)C)cc4C3)cc2)s[nH]c1=O. The van der Waals surface area contributed by atoms with Gasteiger partial charge in [-0.3, -0.25) is 19.0 Å². The summed E-state index contributed by atoms with van der Waals surface area (Å²) in [5.41, 5.74) is 11.2. The van der Waals surface area contributed by atoms with Gasteiger partial charge < -0.3 is 16.0 Å². The molecule has 172 valence electrons. The van der Waals surface area contributed by atoms with Crippen LogP contribution in [0, 0.1) is 0 Å². The number of aromatic nitrogens is 1. The van der Waals surface area contributed by atoms with Crippen molar-refractivity contribution in [1.29, 1.82) is 0 Å². The second kappa shape index (κ2) is 9.23. The van der Waals surface area contributed by atoms with E-state index in [4.69, 9.17) is 5.73 Å². The lowest BCUT2D eigenvalue weighted by Gasteiger charge is -2.16. The molecule has 7 nitrogen and oxygen atoms in total. The molecule has 1 aromatic heterocycles. The van der Waals surface area contributed by atoms with Gasteiger partial charge in [0.1, 0.15) is 16.4 Å². The number of H-pyrrole nitrogens is 1. The van der Waals surface area contributed by atoms with Gasteiger partial charge in [-0.25, -0.2) is 0 Å². The highest BCUT2D eigenvalue weighted by molar-refractivity contribution is 7.10. The molecule has 0 bridgehead atoms. The van der Waals surface area contributed by atoms with Crippen molar-refractivity contribution in [3.05, 3.63) is 80.6 Å². The van der Waals surface area contributed by atoms with Crippen LogP contribution < -0.4 is 16.6 Å². The predicted molar refractivity (Wildman–Crippen MR) is 135 cm³/mol. The molecule has 1 aliphatic heterocycles. The number of benzene rings is 2. The summed E-state index contributed by atoms with van der Waals surface area (Å²) in [6.45, 7) is 9.41. The number of aromatic amines is 1. The molecule has 1 amide bonds. The Labute approximate surface area is 197 Å².